The fraction of sp³-hybridized carbons (Fsp3) is 0.429. The topological polar surface area (TPSA) is 111 Å². The van der Waals surface area contributed by atoms with Crippen LogP contribution in [0.5, 0.6) is 0 Å². The third-order valence-electron chi connectivity index (χ3n) is 4.58. The van der Waals surface area contributed by atoms with Crippen LogP contribution in [-0.2, 0) is 16.1 Å². The van der Waals surface area contributed by atoms with E-state index in [0.717, 1.165) is 16.9 Å². The fourth-order valence-electron chi connectivity index (χ4n) is 3.07. The molecule has 0 unspecified atom stereocenters. The maximum absolute atomic E-state index is 12.8. The van der Waals surface area contributed by atoms with Gasteiger partial charge in [0.25, 0.3) is 5.89 Å². The molecule has 1 N–H and O–H groups in total. The normalized spacial score (nSPS) is 11.1. The summed E-state index contributed by atoms with van der Waals surface area (Å²) >= 11 is 1.37. The smallest absolute Gasteiger partial charge is 0.341 e. The number of aromatic nitrogens is 2. The summed E-state index contributed by atoms with van der Waals surface area (Å²) in [7, 11) is 0. The number of anilines is 1. The summed E-state index contributed by atoms with van der Waals surface area (Å²) in [6, 6.07) is 3.48. The fourth-order valence-corrected chi connectivity index (χ4v) is 4.14. The third-order valence-corrected chi connectivity index (χ3v) is 5.71. The number of nitrogens with one attached hydrogen (secondary N) is 1. The van der Waals surface area contributed by atoms with Crippen molar-refractivity contribution in [3.05, 3.63) is 40.3 Å². The zero-order valence-electron chi connectivity index (χ0n) is 18.1. The molecule has 10 heteroatoms. The molecule has 0 aromatic carbocycles. The highest BCUT2D eigenvalue weighted by molar-refractivity contribution is 7.16. The zero-order valence-corrected chi connectivity index (χ0v) is 18.9. The zero-order chi connectivity index (χ0) is 22.4. The molecule has 3 aromatic rings. The Hall–Kier alpha value is -2.98. The van der Waals surface area contributed by atoms with E-state index in [1.165, 1.54) is 17.6 Å². The van der Waals surface area contributed by atoms with E-state index < -0.39 is 5.97 Å². The Morgan fingerprint density at radius 1 is 1.26 bits per heavy atom. The highest BCUT2D eigenvalue weighted by Crippen LogP contribution is 2.33. The number of rotatable bonds is 10. The van der Waals surface area contributed by atoms with Gasteiger partial charge >= 0.3 is 5.97 Å². The molecule has 3 heterocycles. The standard InChI is InChI=1S/C21H26N4O5S/c1-5-9-25(12-17-23-24-19(30-17)15-8-7-10-29-15)11-16(26)22-20-18(21(27)28-6-2)13(3)14(4)31-20/h7-8,10H,5-6,9,11-12H2,1-4H3,(H,22,26). The van der Waals surface area contributed by atoms with Gasteiger partial charge in [-0.2, -0.15) is 0 Å². The summed E-state index contributed by atoms with van der Waals surface area (Å²) in [5.74, 6) is 0.521. The lowest BCUT2D eigenvalue weighted by atomic mass is 10.1. The second-order valence-electron chi connectivity index (χ2n) is 6.94. The van der Waals surface area contributed by atoms with Crippen LogP contribution in [0.4, 0.5) is 5.00 Å². The number of esters is 1. The molecule has 0 aliphatic carbocycles. The molecule has 0 radical (unpaired) electrons. The molecule has 3 aromatic heterocycles. The molecule has 166 valence electrons. The molecular formula is C21H26N4O5S. The molecule has 0 fully saturated rings. The number of hydrogen-bond acceptors (Lipinski definition) is 9. The number of amides is 1. The molecule has 9 nitrogen and oxygen atoms in total. The number of nitrogens with zero attached hydrogens (tertiary/aromatic N) is 3. The predicted octanol–water partition coefficient (Wildman–Crippen LogP) is 4.04. The first-order chi connectivity index (χ1) is 14.9. The van der Waals surface area contributed by atoms with Crippen molar-refractivity contribution in [2.45, 2.75) is 40.7 Å². The Morgan fingerprint density at radius 2 is 2.06 bits per heavy atom. The van der Waals surface area contributed by atoms with E-state index in [9.17, 15) is 9.59 Å². The maximum Gasteiger partial charge on any atom is 0.341 e. The summed E-state index contributed by atoms with van der Waals surface area (Å²) in [5, 5.41) is 11.4. The van der Waals surface area contributed by atoms with Crippen LogP contribution in [0.15, 0.2) is 27.2 Å². The van der Waals surface area contributed by atoms with Gasteiger partial charge in [0.05, 0.1) is 31.5 Å². The van der Waals surface area contributed by atoms with Crippen molar-refractivity contribution in [2.24, 2.45) is 0 Å². The molecule has 0 aliphatic heterocycles. The highest BCUT2D eigenvalue weighted by Gasteiger charge is 2.23. The van der Waals surface area contributed by atoms with Crippen LogP contribution < -0.4 is 5.32 Å². The number of thiophene rings is 1. The van der Waals surface area contributed by atoms with Gasteiger partial charge in [0.1, 0.15) is 5.00 Å². The Balaban J connectivity index is 1.67. The lowest BCUT2D eigenvalue weighted by molar-refractivity contribution is -0.117. The molecule has 0 saturated carbocycles. The van der Waals surface area contributed by atoms with Crippen molar-refractivity contribution >= 4 is 28.2 Å². The quantitative estimate of drug-likeness (QED) is 0.465. The van der Waals surface area contributed by atoms with Crippen molar-refractivity contribution in [1.82, 2.24) is 15.1 Å². The van der Waals surface area contributed by atoms with Crippen LogP contribution in [0.3, 0.4) is 0 Å². The van der Waals surface area contributed by atoms with Crippen molar-refractivity contribution in [3.8, 4) is 11.7 Å². The van der Waals surface area contributed by atoms with Gasteiger partial charge in [0, 0.05) is 4.88 Å². The Morgan fingerprint density at radius 3 is 2.74 bits per heavy atom. The number of furan rings is 1. The van der Waals surface area contributed by atoms with E-state index in [0.29, 0.717) is 41.2 Å². The molecule has 0 aliphatic rings. The minimum Gasteiger partial charge on any atom is -0.462 e. The molecule has 0 spiro atoms. The van der Waals surface area contributed by atoms with E-state index in [1.807, 2.05) is 25.7 Å². The van der Waals surface area contributed by atoms with Gasteiger partial charge in [0.15, 0.2) is 5.76 Å². The van der Waals surface area contributed by atoms with Gasteiger partial charge < -0.3 is 18.9 Å². The molecule has 31 heavy (non-hydrogen) atoms. The second kappa shape index (κ2) is 10.4. The van der Waals surface area contributed by atoms with Gasteiger partial charge in [-0.3, -0.25) is 9.69 Å². The average Bonchev–Trinajstić information content (AvgIpc) is 3.44. The Bertz CT molecular complexity index is 1020. The van der Waals surface area contributed by atoms with Crippen LogP contribution in [0.25, 0.3) is 11.7 Å². The van der Waals surface area contributed by atoms with Crippen LogP contribution in [0, 0.1) is 13.8 Å². The molecule has 0 saturated heterocycles. The highest BCUT2D eigenvalue weighted by atomic mass is 32.1. The molecular weight excluding hydrogens is 420 g/mol. The van der Waals surface area contributed by atoms with E-state index in [1.54, 1.807) is 19.1 Å². The van der Waals surface area contributed by atoms with Crippen molar-refractivity contribution in [3.63, 3.8) is 0 Å². The molecule has 0 atom stereocenters. The first kappa shape index (κ1) is 22.7. The van der Waals surface area contributed by atoms with Crippen LogP contribution in [0.1, 0.15) is 47.0 Å². The van der Waals surface area contributed by atoms with Gasteiger partial charge in [-0.15, -0.1) is 21.5 Å². The van der Waals surface area contributed by atoms with Crippen LogP contribution >= 0.6 is 11.3 Å². The largest absolute Gasteiger partial charge is 0.462 e. The molecule has 0 bridgehead atoms. The lowest BCUT2D eigenvalue weighted by Crippen LogP contribution is -2.33. The van der Waals surface area contributed by atoms with Crippen molar-refractivity contribution in [1.29, 1.82) is 0 Å². The molecule has 3 rings (SSSR count). The van der Waals surface area contributed by atoms with Gasteiger partial charge in [-0.25, -0.2) is 4.79 Å². The first-order valence-corrected chi connectivity index (χ1v) is 10.9. The van der Waals surface area contributed by atoms with Gasteiger partial charge in [-0.1, -0.05) is 6.92 Å². The lowest BCUT2D eigenvalue weighted by Gasteiger charge is -2.19. The van der Waals surface area contributed by atoms with Crippen molar-refractivity contribution < 1.29 is 23.2 Å². The number of carbonyl (C=O) groups excluding carboxylic acids is 2. The average molecular weight is 447 g/mol. The van der Waals surface area contributed by atoms with E-state index >= 15 is 0 Å². The number of carbonyl (C=O) groups is 2. The number of hydrogen-bond donors (Lipinski definition) is 1. The van der Waals surface area contributed by atoms with E-state index in [2.05, 4.69) is 15.5 Å². The molecule has 1 amide bonds. The minimum atomic E-state index is -0.429. The second-order valence-corrected chi connectivity index (χ2v) is 8.17. The minimum absolute atomic E-state index is 0.116. The van der Waals surface area contributed by atoms with E-state index in [4.69, 9.17) is 13.6 Å². The van der Waals surface area contributed by atoms with Crippen LogP contribution in [-0.4, -0.2) is 46.7 Å². The summed E-state index contributed by atoms with van der Waals surface area (Å²) in [4.78, 5) is 28.0. The monoisotopic (exact) mass is 446 g/mol. The Labute approximate surface area is 184 Å². The van der Waals surface area contributed by atoms with Gasteiger partial charge in [0.2, 0.25) is 11.8 Å². The predicted molar refractivity (Wildman–Crippen MR) is 116 cm³/mol. The number of ether oxygens (including phenoxy) is 1. The number of aryl methyl sites for hydroxylation is 1. The van der Waals surface area contributed by atoms with Crippen LogP contribution in [0.2, 0.25) is 0 Å². The van der Waals surface area contributed by atoms with Crippen molar-refractivity contribution in [2.75, 3.05) is 25.0 Å². The first-order valence-electron chi connectivity index (χ1n) is 10.1. The van der Waals surface area contributed by atoms with Gasteiger partial charge in [-0.05, 0) is 51.4 Å². The van der Waals surface area contributed by atoms with E-state index in [-0.39, 0.29) is 19.1 Å². The maximum atomic E-state index is 12.8. The summed E-state index contributed by atoms with van der Waals surface area (Å²) < 4.78 is 16.1. The summed E-state index contributed by atoms with van der Waals surface area (Å²) in [6.45, 7) is 8.91. The Kier molecular flexibility index (Phi) is 7.59. The SMILES string of the molecule is CCCN(CC(=O)Nc1sc(C)c(C)c1C(=O)OCC)Cc1nnc(-c2ccco2)o1. The third kappa shape index (κ3) is 5.59. The summed E-state index contributed by atoms with van der Waals surface area (Å²) in [6.07, 6.45) is 2.38. The summed E-state index contributed by atoms with van der Waals surface area (Å²) in [5.41, 5.74) is 1.24.